The average Bonchev–Trinajstić information content (AvgIpc) is 2.88. The van der Waals surface area contributed by atoms with Crippen LogP contribution in [0.2, 0.25) is 0 Å². The molecule has 1 heteroatoms. The van der Waals surface area contributed by atoms with E-state index in [9.17, 15) is 0 Å². The molecule has 0 heterocycles. The minimum absolute atomic E-state index is 0.763. The molecule has 1 nitrogen and oxygen atoms in total. The largest absolute Gasteiger partial charge is 0.494 e. The molecule has 0 radical (unpaired) electrons. The molecule has 0 saturated heterocycles. The zero-order valence-corrected chi connectivity index (χ0v) is 23.1. The van der Waals surface area contributed by atoms with Crippen molar-refractivity contribution in [3.05, 3.63) is 29.3 Å². The van der Waals surface area contributed by atoms with Gasteiger partial charge in [0.05, 0.1) is 6.61 Å². The Morgan fingerprint density at radius 2 is 1.12 bits per heavy atom. The Labute approximate surface area is 212 Å². The third-order valence-corrected chi connectivity index (χ3v) is 9.04. The Kier molecular flexibility index (Phi) is 12.9. The monoisotopic (exact) mass is 468 g/mol. The summed E-state index contributed by atoms with van der Waals surface area (Å²) < 4.78 is 6.10. The normalized spacial score (nSPS) is 25.4. The van der Waals surface area contributed by atoms with Crippen LogP contribution in [0.25, 0.3) is 0 Å². The first kappa shape index (κ1) is 27.6. The number of hydrogen-bond donors (Lipinski definition) is 0. The second-order valence-corrected chi connectivity index (χ2v) is 11.8. The lowest BCUT2D eigenvalue weighted by atomic mass is 9.71. The molecule has 0 bridgehead atoms. The van der Waals surface area contributed by atoms with Crippen molar-refractivity contribution in [2.24, 2.45) is 11.8 Å². The minimum atomic E-state index is 0.763. The molecule has 34 heavy (non-hydrogen) atoms. The zero-order chi connectivity index (χ0) is 24.0. The summed E-state index contributed by atoms with van der Waals surface area (Å²) in [5.41, 5.74) is 3.36. The van der Waals surface area contributed by atoms with Crippen molar-refractivity contribution < 1.29 is 4.74 Å². The van der Waals surface area contributed by atoms with E-state index in [0.717, 1.165) is 42.4 Å². The lowest BCUT2D eigenvalue weighted by Gasteiger charge is -2.34. The predicted octanol–water partition coefficient (Wildman–Crippen LogP) is 11.0. The van der Waals surface area contributed by atoms with Crippen molar-refractivity contribution in [2.45, 2.75) is 155 Å². The van der Waals surface area contributed by atoms with Gasteiger partial charge in [-0.2, -0.15) is 0 Å². The lowest BCUT2D eigenvalue weighted by Crippen LogP contribution is -2.18. The van der Waals surface area contributed by atoms with Gasteiger partial charge < -0.3 is 4.74 Å². The molecule has 0 aromatic heterocycles. The molecule has 0 atom stereocenters. The van der Waals surface area contributed by atoms with Crippen LogP contribution in [0.5, 0.6) is 5.75 Å². The van der Waals surface area contributed by atoms with E-state index in [-0.39, 0.29) is 0 Å². The Balaban J connectivity index is 1.58. The van der Waals surface area contributed by atoms with Crippen molar-refractivity contribution in [2.75, 3.05) is 6.61 Å². The van der Waals surface area contributed by atoms with Gasteiger partial charge in [-0.1, -0.05) is 91.0 Å². The maximum absolute atomic E-state index is 6.10. The van der Waals surface area contributed by atoms with E-state index in [0.29, 0.717) is 0 Å². The van der Waals surface area contributed by atoms with Crippen LogP contribution in [0.1, 0.15) is 166 Å². The highest BCUT2D eigenvalue weighted by molar-refractivity contribution is 5.40. The van der Waals surface area contributed by atoms with Gasteiger partial charge in [-0.15, -0.1) is 0 Å². The molecule has 1 aromatic rings. The van der Waals surface area contributed by atoms with Gasteiger partial charge in [0.25, 0.3) is 0 Å². The first-order valence-electron chi connectivity index (χ1n) is 15.5. The Bertz CT molecular complexity index is 649. The summed E-state index contributed by atoms with van der Waals surface area (Å²) in [6, 6.07) is 7.22. The standard InChI is InChI=1S/C33H56O/c1-4-7-9-10-12-14-28-15-19-29(20-16-28)32-24-23-31(34-25-6-3)26-33(32)30-21-17-27(18-22-30)13-11-8-5-2/h23-24,26-30H,4-22,25H2,1-3H3. The highest BCUT2D eigenvalue weighted by Gasteiger charge is 2.29. The van der Waals surface area contributed by atoms with Crippen molar-refractivity contribution >= 4 is 0 Å². The van der Waals surface area contributed by atoms with Crippen LogP contribution in [0.4, 0.5) is 0 Å². The van der Waals surface area contributed by atoms with Crippen LogP contribution in [0, 0.1) is 11.8 Å². The number of hydrogen-bond acceptors (Lipinski definition) is 1. The summed E-state index contributed by atoms with van der Waals surface area (Å²) >= 11 is 0. The molecular formula is C33H56O. The first-order chi connectivity index (χ1) is 16.7. The van der Waals surface area contributed by atoms with Crippen molar-refractivity contribution in [3.63, 3.8) is 0 Å². The van der Waals surface area contributed by atoms with Gasteiger partial charge in [-0.05, 0) is 105 Å². The topological polar surface area (TPSA) is 9.23 Å². The average molecular weight is 469 g/mol. The van der Waals surface area contributed by atoms with Crippen LogP contribution >= 0.6 is 0 Å². The molecule has 0 amide bonds. The van der Waals surface area contributed by atoms with Gasteiger partial charge >= 0.3 is 0 Å². The number of ether oxygens (including phenoxy) is 1. The summed E-state index contributed by atoms with van der Waals surface area (Å²) in [6.45, 7) is 7.69. The summed E-state index contributed by atoms with van der Waals surface area (Å²) in [4.78, 5) is 0. The molecule has 2 fully saturated rings. The summed E-state index contributed by atoms with van der Waals surface area (Å²) in [5.74, 6) is 4.64. The smallest absolute Gasteiger partial charge is 0.119 e. The molecule has 194 valence electrons. The van der Waals surface area contributed by atoms with E-state index in [1.807, 2.05) is 0 Å². The van der Waals surface area contributed by atoms with E-state index in [2.05, 4.69) is 39.0 Å². The fraction of sp³-hybridized carbons (Fsp3) is 0.818. The van der Waals surface area contributed by atoms with Crippen LogP contribution in [0.15, 0.2) is 18.2 Å². The second-order valence-electron chi connectivity index (χ2n) is 11.8. The highest BCUT2D eigenvalue weighted by Crippen LogP contribution is 2.45. The molecule has 3 rings (SSSR count). The van der Waals surface area contributed by atoms with E-state index in [4.69, 9.17) is 4.74 Å². The maximum atomic E-state index is 6.10. The molecule has 2 aliphatic carbocycles. The number of unbranched alkanes of at least 4 members (excludes halogenated alkanes) is 6. The molecule has 0 spiro atoms. The fourth-order valence-electron chi connectivity index (χ4n) is 6.83. The summed E-state index contributed by atoms with van der Waals surface area (Å²) in [6.07, 6.45) is 26.8. The Morgan fingerprint density at radius 3 is 1.71 bits per heavy atom. The molecule has 0 N–H and O–H groups in total. The predicted molar refractivity (Wildman–Crippen MR) is 149 cm³/mol. The van der Waals surface area contributed by atoms with E-state index in [1.165, 1.54) is 116 Å². The van der Waals surface area contributed by atoms with Gasteiger partial charge in [0.2, 0.25) is 0 Å². The van der Waals surface area contributed by atoms with Crippen LogP contribution in [0.3, 0.4) is 0 Å². The number of rotatable bonds is 15. The van der Waals surface area contributed by atoms with E-state index >= 15 is 0 Å². The third kappa shape index (κ3) is 8.91. The molecule has 0 unspecified atom stereocenters. The van der Waals surface area contributed by atoms with Gasteiger partial charge in [-0.25, -0.2) is 0 Å². The van der Waals surface area contributed by atoms with Gasteiger partial charge in [0, 0.05) is 0 Å². The lowest BCUT2D eigenvalue weighted by molar-refractivity contribution is 0.288. The Morgan fingerprint density at radius 1 is 0.588 bits per heavy atom. The van der Waals surface area contributed by atoms with E-state index in [1.54, 1.807) is 11.1 Å². The minimum Gasteiger partial charge on any atom is -0.494 e. The van der Waals surface area contributed by atoms with E-state index < -0.39 is 0 Å². The molecule has 2 saturated carbocycles. The van der Waals surface area contributed by atoms with Crippen molar-refractivity contribution in [3.8, 4) is 5.75 Å². The van der Waals surface area contributed by atoms with Crippen LogP contribution < -0.4 is 4.74 Å². The van der Waals surface area contributed by atoms with Gasteiger partial charge in [-0.3, -0.25) is 0 Å². The van der Waals surface area contributed by atoms with Crippen LogP contribution in [-0.4, -0.2) is 6.61 Å². The zero-order valence-electron chi connectivity index (χ0n) is 23.1. The van der Waals surface area contributed by atoms with Gasteiger partial charge in [0.1, 0.15) is 5.75 Å². The van der Waals surface area contributed by atoms with Crippen LogP contribution in [-0.2, 0) is 0 Å². The molecular weight excluding hydrogens is 412 g/mol. The third-order valence-electron chi connectivity index (χ3n) is 9.04. The van der Waals surface area contributed by atoms with Crippen molar-refractivity contribution in [1.82, 2.24) is 0 Å². The van der Waals surface area contributed by atoms with Crippen molar-refractivity contribution in [1.29, 1.82) is 0 Å². The number of benzene rings is 1. The quantitative estimate of drug-likeness (QED) is 0.232. The maximum Gasteiger partial charge on any atom is 0.119 e. The Hall–Kier alpha value is -0.980. The second kappa shape index (κ2) is 15.9. The highest BCUT2D eigenvalue weighted by atomic mass is 16.5. The first-order valence-corrected chi connectivity index (χ1v) is 15.5. The summed E-state index contributed by atoms with van der Waals surface area (Å²) in [5, 5.41) is 0. The molecule has 2 aliphatic rings. The summed E-state index contributed by atoms with van der Waals surface area (Å²) in [7, 11) is 0. The SMILES string of the molecule is CCCCCCCC1CCC(c2ccc(OCCC)cc2C2CCC(CCCCC)CC2)CC1. The molecule has 0 aliphatic heterocycles. The molecule has 1 aromatic carbocycles. The van der Waals surface area contributed by atoms with Gasteiger partial charge in [0.15, 0.2) is 0 Å². The fourth-order valence-corrected chi connectivity index (χ4v) is 6.83.